The van der Waals surface area contributed by atoms with E-state index >= 15 is 0 Å². The van der Waals surface area contributed by atoms with Crippen molar-refractivity contribution >= 4 is 21.5 Å². The van der Waals surface area contributed by atoms with Gasteiger partial charge in [0.2, 0.25) is 0 Å². The van der Waals surface area contributed by atoms with Crippen LogP contribution in [0.1, 0.15) is 11.8 Å². The Kier molecular flexibility index (Phi) is 1.78. The minimum absolute atomic E-state index is 0.0693. The normalized spacial score (nSPS) is 18.7. The lowest BCUT2D eigenvalue weighted by Crippen LogP contribution is -1.87. The number of hydroxylamine groups is 1. The number of hydrogen-bond donors (Lipinski definition) is 1. The molecule has 2 nitrogen and oxygen atoms in total. The molecule has 1 aliphatic heterocycles. The summed E-state index contributed by atoms with van der Waals surface area (Å²) in [6, 6.07) is 19.2. The third kappa shape index (κ3) is 1.42. The number of hydrogen-bond acceptors (Lipinski definition) is 2. The Morgan fingerprint density at radius 3 is 2.29 bits per heavy atom. The molecular formula is C15H11NO. The van der Waals surface area contributed by atoms with E-state index in [1.165, 1.54) is 27.1 Å². The van der Waals surface area contributed by atoms with Gasteiger partial charge in [0, 0.05) is 5.56 Å². The van der Waals surface area contributed by atoms with Crippen LogP contribution in [0.25, 0.3) is 21.5 Å². The highest BCUT2D eigenvalue weighted by Gasteiger charge is 2.26. The van der Waals surface area contributed by atoms with Gasteiger partial charge in [0.15, 0.2) is 6.23 Å². The topological polar surface area (TPSA) is 34.5 Å². The lowest BCUT2D eigenvalue weighted by atomic mass is 9.99. The fraction of sp³-hybridized carbons (Fsp3) is 0.0667. The molecule has 1 unspecified atom stereocenters. The fourth-order valence-electron chi connectivity index (χ4n) is 2.38. The number of nitrogens with one attached hydrogen (secondary N) is 1. The quantitative estimate of drug-likeness (QED) is 0.504. The highest BCUT2D eigenvalue weighted by molar-refractivity contribution is 5.99. The van der Waals surface area contributed by atoms with Crippen LogP contribution >= 0.6 is 0 Å². The molecule has 0 bridgehead atoms. The minimum atomic E-state index is 0.0693. The first kappa shape index (κ1) is 9.16. The van der Waals surface area contributed by atoms with Gasteiger partial charge in [-0.1, -0.05) is 42.5 Å². The van der Waals surface area contributed by atoms with E-state index in [1.54, 1.807) is 0 Å². The smallest absolute Gasteiger partial charge is 0.177 e. The highest BCUT2D eigenvalue weighted by Crippen LogP contribution is 2.32. The van der Waals surface area contributed by atoms with Crippen LogP contribution in [0.15, 0.2) is 54.6 Å². The summed E-state index contributed by atoms with van der Waals surface area (Å²) in [5.41, 5.74) is 4.11. The van der Waals surface area contributed by atoms with Crippen LogP contribution in [0.2, 0.25) is 0 Å². The first-order chi connectivity index (χ1) is 8.42. The van der Waals surface area contributed by atoms with Crippen LogP contribution < -0.4 is 5.48 Å². The third-order valence-electron chi connectivity index (χ3n) is 3.30. The monoisotopic (exact) mass is 221 g/mol. The van der Waals surface area contributed by atoms with E-state index in [0.29, 0.717) is 0 Å². The van der Waals surface area contributed by atoms with Crippen LogP contribution in [0, 0.1) is 0 Å². The van der Waals surface area contributed by atoms with Gasteiger partial charge in [0.25, 0.3) is 0 Å². The molecule has 1 N–H and O–H groups in total. The molecule has 1 aliphatic rings. The number of fused-ring (bicyclic) bond motifs is 2. The van der Waals surface area contributed by atoms with Crippen molar-refractivity contribution in [3.8, 4) is 0 Å². The lowest BCUT2D eigenvalue weighted by molar-refractivity contribution is 0.375. The largest absolute Gasteiger partial charge is 0.273 e. The van der Waals surface area contributed by atoms with Crippen LogP contribution in [0.4, 0.5) is 0 Å². The van der Waals surface area contributed by atoms with Gasteiger partial charge < -0.3 is 0 Å². The Morgan fingerprint density at radius 1 is 0.824 bits per heavy atom. The SMILES string of the molecule is c1ccc2cc3c(C4NO4)cccc3cc2c1. The van der Waals surface area contributed by atoms with Crippen molar-refractivity contribution < 1.29 is 4.84 Å². The van der Waals surface area contributed by atoms with Crippen molar-refractivity contribution in [3.63, 3.8) is 0 Å². The second-order valence-corrected chi connectivity index (χ2v) is 4.38. The molecule has 0 spiro atoms. The molecule has 2 heteroatoms. The van der Waals surface area contributed by atoms with Gasteiger partial charge in [0.05, 0.1) is 0 Å². The molecule has 1 atom stereocenters. The van der Waals surface area contributed by atoms with Gasteiger partial charge in [0.1, 0.15) is 0 Å². The van der Waals surface area contributed by atoms with Gasteiger partial charge in [-0.05, 0) is 33.7 Å². The first-order valence-corrected chi connectivity index (χ1v) is 5.74. The fourth-order valence-corrected chi connectivity index (χ4v) is 2.38. The second-order valence-electron chi connectivity index (χ2n) is 4.38. The molecule has 3 aromatic carbocycles. The number of rotatable bonds is 1. The summed E-state index contributed by atoms with van der Waals surface area (Å²) < 4.78 is 0. The van der Waals surface area contributed by atoms with Crippen molar-refractivity contribution in [3.05, 3.63) is 60.2 Å². The van der Waals surface area contributed by atoms with Gasteiger partial charge in [-0.2, -0.15) is 5.48 Å². The average molecular weight is 221 g/mol. The Labute approximate surface area is 98.8 Å². The molecule has 1 fully saturated rings. The van der Waals surface area contributed by atoms with Crippen molar-refractivity contribution in [2.75, 3.05) is 0 Å². The summed E-state index contributed by atoms with van der Waals surface area (Å²) in [5, 5.41) is 5.08. The van der Waals surface area contributed by atoms with Crippen molar-refractivity contribution in [2.45, 2.75) is 6.23 Å². The van der Waals surface area contributed by atoms with E-state index in [4.69, 9.17) is 4.84 Å². The van der Waals surface area contributed by atoms with Gasteiger partial charge in [-0.3, -0.25) is 4.84 Å². The molecule has 17 heavy (non-hydrogen) atoms. The Morgan fingerprint density at radius 2 is 1.53 bits per heavy atom. The van der Waals surface area contributed by atoms with Crippen LogP contribution in [0.5, 0.6) is 0 Å². The Hall–Kier alpha value is -1.90. The van der Waals surface area contributed by atoms with Gasteiger partial charge in [-0.25, -0.2) is 0 Å². The molecule has 1 saturated heterocycles. The van der Waals surface area contributed by atoms with E-state index in [9.17, 15) is 0 Å². The van der Waals surface area contributed by atoms with E-state index in [2.05, 4.69) is 60.1 Å². The molecule has 82 valence electrons. The van der Waals surface area contributed by atoms with Gasteiger partial charge in [-0.15, -0.1) is 0 Å². The van der Waals surface area contributed by atoms with Crippen LogP contribution in [-0.4, -0.2) is 0 Å². The van der Waals surface area contributed by atoms with E-state index in [-0.39, 0.29) is 6.23 Å². The maximum absolute atomic E-state index is 5.16. The van der Waals surface area contributed by atoms with Crippen molar-refractivity contribution in [2.24, 2.45) is 0 Å². The summed E-state index contributed by atoms with van der Waals surface area (Å²) in [4.78, 5) is 5.16. The van der Waals surface area contributed by atoms with Gasteiger partial charge >= 0.3 is 0 Å². The summed E-state index contributed by atoms with van der Waals surface area (Å²) in [5.74, 6) is 0. The molecule has 0 radical (unpaired) electrons. The first-order valence-electron chi connectivity index (χ1n) is 5.74. The predicted molar refractivity (Wildman–Crippen MR) is 68.4 cm³/mol. The molecule has 0 amide bonds. The Balaban J connectivity index is 2.12. The molecular weight excluding hydrogens is 210 g/mol. The maximum Gasteiger partial charge on any atom is 0.177 e. The molecule has 0 saturated carbocycles. The maximum atomic E-state index is 5.16. The Bertz CT molecular complexity index is 716. The molecule has 3 aromatic rings. The molecule has 1 heterocycles. The summed E-state index contributed by atoms with van der Waals surface area (Å²) in [7, 11) is 0. The van der Waals surface area contributed by atoms with Crippen LogP contribution in [0.3, 0.4) is 0 Å². The second kappa shape index (κ2) is 3.29. The van der Waals surface area contributed by atoms with E-state index in [1.807, 2.05) is 0 Å². The average Bonchev–Trinajstić information content (AvgIpc) is 3.20. The van der Waals surface area contributed by atoms with Crippen LogP contribution in [-0.2, 0) is 4.84 Å². The van der Waals surface area contributed by atoms with Crippen molar-refractivity contribution in [1.82, 2.24) is 5.48 Å². The zero-order chi connectivity index (χ0) is 11.2. The summed E-state index contributed by atoms with van der Waals surface area (Å²) in [6.07, 6.45) is 0.0693. The molecule has 0 aromatic heterocycles. The minimum Gasteiger partial charge on any atom is -0.273 e. The number of benzene rings is 3. The van der Waals surface area contributed by atoms with Crippen molar-refractivity contribution in [1.29, 1.82) is 0 Å². The standard InChI is InChI=1S/C15H11NO/c1-2-5-11-9-14-12(8-10(11)4-1)6-3-7-13(14)15-16-17-15/h1-9,15-16H. The zero-order valence-corrected chi connectivity index (χ0v) is 9.18. The van der Waals surface area contributed by atoms with E-state index < -0.39 is 0 Å². The molecule has 4 rings (SSSR count). The predicted octanol–water partition coefficient (Wildman–Crippen LogP) is 3.53. The zero-order valence-electron chi connectivity index (χ0n) is 9.18. The summed E-state index contributed by atoms with van der Waals surface area (Å²) in [6.45, 7) is 0. The third-order valence-corrected chi connectivity index (χ3v) is 3.30. The van der Waals surface area contributed by atoms with E-state index in [0.717, 1.165) is 0 Å². The highest BCUT2D eigenvalue weighted by atomic mass is 16.8. The lowest BCUT2D eigenvalue weighted by Gasteiger charge is -2.05. The molecule has 0 aliphatic carbocycles. The summed E-state index contributed by atoms with van der Waals surface area (Å²) >= 11 is 0.